The van der Waals surface area contributed by atoms with Crippen LogP contribution in [0.2, 0.25) is 0 Å². The molecule has 1 aromatic carbocycles. The van der Waals surface area contributed by atoms with E-state index in [1.807, 2.05) is 6.07 Å². The monoisotopic (exact) mass is 320 g/mol. The molecule has 126 valence electrons. The lowest BCUT2D eigenvalue weighted by Crippen LogP contribution is -2.49. The molecule has 1 atom stereocenters. The average molecular weight is 320 g/mol. The summed E-state index contributed by atoms with van der Waals surface area (Å²) in [6.07, 6.45) is 0. The second-order valence-corrected chi connectivity index (χ2v) is 6.07. The molecule has 2 aliphatic heterocycles. The third kappa shape index (κ3) is 4.26. The lowest BCUT2D eigenvalue weighted by Gasteiger charge is -2.38. The van der Waals surface area contributed by atoms with Crippen molar-refractivity contribution < 1.29 is 9.66 Å². The van der Waals surface area contributed by atoms with Crippen molar-refractivity contribution >= 4 is 5.69 Å². The van der Waals surface area contributed by atoms with Crippen LogP contribution >= 0.6 is 0 Å². The minimum absolute atomic E-state index is 0.168. The van der Waals surface area contributed by atoms with Crippen LogP contribution in [0.4, 0.5) is 5.69 Å². The molecule has 2 aliphatic rings. The zero-order chi connectivity index (χ0) is 16.1. The third-order valence-corrected chi connectivity index (χ3v) is 4.59. The smallest absolute Gasteiger partial charge is 0.269 e. The van der Waals surface area contributed by atoms with E-state index in [-0.39, 0.29) is 16.7 Å². The van der Waals surface area contributed by atoms with Gasteiger partial charge in [-0.15, -0.1) is 0 Å². The summed E-state index contributed by atoms with van der Waals surface area (Å²) in [7, 11) is 0. The Morgan fingerprint density at radius 3 is 2.65 bits per heavy atom. The van der Waals surface area contributed by atoms with Crippen molar-refractivity contribution in [3.63, 3.8) is 0 Å². The van der Waals surface area contributed by atoms with Gasteiger partial charge in [0.1, 0.15) is 0 Å². The van der Waals surface area contributed by atoms with Crippen molar-refractivity contribution in [2.75, 3.05) is 59.0 Å². The largest absolute Gasteiger partial charge is 0.379 e. The predicted octanol–water partition coefficient (Wildman–Crippen LogP) is 0.873. The number of hydrogen-bond donors (Lipinski definition) is 1. The van der Waals surface area contributed by atoms with Gasteiger partial charge in [0, 0.05) is 64.0 Å². The number of piperazine rings is 1. The van der Waals surface area contributed by atoms with Crippen LogP contribution < -0.4 is 5.32 Å². The van der Waals surface area contributed by atoms with Crippen LogP contribution in [0.5, 0.6) is 0 Å². The van der Waals surface area contributed by atoms with Gasteiger partial charge in [0.05, 0.1) is 18.1 Å². The topological polar surface area (TPSA) is 70.9 Å². The maximum Gasteiger partial charge on any atom is 0.269 e. The number of hydrogen-bond acceptors (Lipinski definition) is 6. The first-order valence-electron chi connectivity index (χ1n) is 8.23. The number of nitro groups is 1. The lowest BCUT2D eigenvalue weighted by atomic mass is 10.0. The summed E-state index contributed by atoms with van der Waals surface area (Å²) in [6.45, 7) is 8.17. The van der Waals surface area contributed by atoms with Crippen LogP contribution in [-0.4, -0.2) is 73.8 Å². The molecule has 0 aliphatic carbocycles. The number of nitrogens with zero attached hydrogens (tertiary/aromatic N) is 3. The molecule has 7 heteroatoms. The molecule has 0 radical (unpaired) electrons. The van der Waals surface area contributed by atoms with Gasteiger partial charge < -0.3 is 10.1 Å². The van der Waals surface area contributed by atoms with E-state index in [2.05, 4.69) is 15.1 Å². The van der Waals surface area contributed by atoms with Crippen molar-refractivity contribution in [3.8, 4) is 0 Å². The van der Waals surface area contributed by atoms with E-state index in [0.29, 0.717) is 0 Å². The predicted molar refractivity (Wildman–Crippen MR) is 87.5 cm³/mol. The van der Waals surface area contributed by atoms with Crippen LogP contribution in [0.15, 0.2) is 24.3 Å². The van der Waals surface area contributed by atoms with E-state index in [4.69, 9.17) is 4.74 Å². The molecule has 0 amide bonds. The highest BCUT2D eigenvalue weighted by atomic mass is 16.6. The molecule has 2 heterocycles. The van der Waals surface area contributed by atoms with Gasteiger partial charge in [-0.1, -0.05) is 12.1 Å². The number of non-ortho nitro benzene ring substituents is 1. The van der Waals surface area contributed by atoms with Gasteiger partial charge in [-0.05, 0) is 5.56 Å². The number of ether oxygens (including phenoxy) is 1. The first kappa shape index (κ1) is 16.3. The SMILES string of the molecule is O=[N+]([O-])c1cccc(C(CN2CCNCC2)N2CCOCC2)c1. The summed E-state index contributed by atoms with van der Waals surface area (Å²) in [5, 5.41) is 14.5. The molecule has 23 heavy (non-hydrogen) atoms. The fourth-order valence-electron chi connectivity index (χ4n) is 3.30. The van der Waals surface area contributed by atoms with E-state index < -0.39 is 0 Å². The number of nitro benzene ring substituents is 1. The quantitative estimate of drug-likeness (QED) is 0.641. The van der Waals surface area contributed by atoms with Gasteiger partial charge in [0.15, 0.2) is 0 Å². The lowest BCUT2D eigenvalue weighted by molar-refractivity contribution is -0.385. The van der Waals surface area contributed by atoms with E-state index in [0.717, 1.165) is 64.6 Å². The third-order valence-electron chi connectivity index (χ3n) is 4.59. The van der Waals surface area contributed by atoms with Crippen LogP contribution in [0.3, 0.4) is 0 Å². The number of rotatable bonds is 5. The molecule has 2 saturated heterocycles. The zero-order valence-corrected chi connectivity index (χ0v) is 13.3. The summed E-state index contributed by atoms with van der Waals surface area (Å²) < 4.78 is 5.46. The second-order valence-electron chi connectivity index (χ2n) is 6.07. The molecule has 1 N–H and O–H groups in total. The molecule has 1 aromatic rings. The minimum Gasteiger partial charge on any atom is -0.379 e. The molecular weight excluding hydrogens is 296 g/mol. The van der Waals surface area contributed by atoms with Gasteiger partial charge in [-0.2, -0.15) is 0 Å². The number of morpholine rings is 1. The number of nitrogens with one attached hydrogen (secondary N) is 1. The molecule has 0 spiro atoms. The summed E-state index contributed by atoms with van der Waals surface area (Å²) in [5.74, 6) is 0. The summed E-state index contributed by atoms with van der Waals surface area (Å²) in [5.41, 5.74) is 1.20. The minimum atomic E-state index is -0.315. The van der Waals surface area contributed by atoms with E-state index in [1.54, 1.807) is 18.2 Å². The molecule has 7 nitrogen and oxygen atoms in total. The van der Waals surface area contributed by atoms with Crippen molar-refractivity contribution in [1.29, 1.82) is 0 Å². The summed E-state index contributed by atoms with van der Waals surface area (Å²) in [6, 6.07) is 7.26. The maximum atomic E-state index is 11.1. The molecule has 1 unspecified atom stereocenters. The van der Waals surface area contributed by atoms with Crippen LogP contribution in [0, 0.1) is 10.1 Å². The Hall–Kier alpha value is -1.54. The Balaban J connectivity index is 1.80. The molecule has 0 saturated carbocycles. The normalized spacial score (nSPS) is 21.9. The average Bonchev–Trinajstić information content (AvgIpc) is 2.61. The van der Waals surface area contributed by atoms with Gasteiger partial charge >= 0.3 is 0 Å². The molecule has 3 rings (SSSR count). The van der Waals surface area contributed by atoms with Crippen LogP contribution in [0.1, 0.15) is 11.6 Å². The number of benzene rings is 1. The Kier molecular flexibility index (Phi) is 5.56. The first-order chi connectivity index (χ1) is 11.2. The van der Waals surface area contributed by atoms with Crippen LogP contribution in [0.25, 0.3) is 0 Å². The first-order valence-corrected chi connectivity index (χ1v) is 8.23. The van der Waals surface area contributed by atoms with Gasteiger partial charge in [0.25, 0.3) is 5.69 Å². The zero-order valence-electron chi connectivity index (χ0n) is 13.3. The van der Waals surface area contributed by atoms with Gasteiger partial charge in [0.2, 0.25) is 0 Å². The Morgan fingerprint density at radius 2 is 1.96 bits per heavy atom. The Bertz CT molecular complexity index is 528. The van der Waals surface area contributed by atoms with Crippen LogP contribution in [-0.2, 0) is 4.74 Å². The van der Waals surface area contributed by atoms with E-state index in [9.17, 15) is 10.1 Å². The standard InChI is InChI=1S/C16H24N4O3/c21-20(22)15-3-1-2-14(12-15)16(19-8-10-23-11-9-19)13-18-6-4-17-5-7-18/h1-3,12,16-17H,4-11,13H2. The molecule has 2 fully saturated rings. The highest BCUT2D eigenvalue weighted by Gasteiger charge is 2.26. The van der Waals surface area contributed by atoms with Gasteiger partial charge in [-0.3, -0.25) is 19.9 Å². The molecule has 0 bridgehead atoms. The summed E-state index contributed by atoms with van der Waals surface area (Å²) in [4.78, 5) is 15.6. The van der Waals surface area contributed by atoms with E-state index in [1.165, 1.54) is 0 Å². The Labute approximate surface area is 136 Å². The van der Waals surface area contributed by atoms with E-state index >= 15 is 0 Å². The van der Waals surface area contributed by atoms with Crippen molar-refractivity contribution in [3.05, 3.63) is 39.9 Å². The highest BCUT2D eigenvalue weighted by molar-refractivity contribution is 5.36. The maximum absolute atomic E-state index is 11.1. The summed E-state index contributed by atoms with van der Waals surface area (Å²) >= 11 is 0. The second kappa shape index (κ2) is 7.83. The Morgan fingerprint density at radius 1 is 1.22 bits per heavy atom. The van der Waals surface area contributed by atoms with Crippen molar-refractivity contribution in [1.82, 2.24) is 15.1 Å². The van der Waals surface area contributed by atoms with Crippen molar-refractivity contribution in [2.45, 2.75) is 6.04 Å². The molecule has 0 aromatic heterocycles. The van der Waals surface area contributed by atoms with Crippen molar-refractivity contribution in [2.24, 2.45) is 0 Å². The molecular formula is C16H24N4O3. The highest BCUT2D eigenvalue weighted by Crippen LogP contribution is 2.26. The fourth-order valence-corrected chi connectivity index (χ4v) is 3.30. The van der Waals surface area contributed by atoms with Gasteiger partial charge in [-0.25, -0.2) is 0 Å². The fraction of sp³-hybridized carbons (Fsp3) is 0.625.